The van der Waals surface area contributed by atoms with E-state index in [9.17, 15) is 0 Å². The molecule has 0 atom stereocenters. The van der Waals surface area contributed by atoms with Gasteiger partial charge in [0.1, 0.15) is 0 Å². The summed E-state index contributed by atoms with van der Waals surface area (Å²) in [6.07, 6.45) is 0. The third-order valence-electron chi connectivity index (χ3n) is 2.29. The highest BCUT2D eigenvalue weighted by Crippen LogP contribution is 2.28. The first-order chi connectivity index (χ1) is 8.56. The van der Waals surface area contributed by atoms with Crippen LogP contribution in [0.25, 0.3) is 11.5 Å². The van der Waals surface area contributed by atoms with Crippen LogP contribution in [0.15, 0.2) is 27.1 Å². The zero-order valence-electron chi connectivity index (χ0n) is 10.1. The maximum atomic E-state index is 5.93. The third kappa shape index (κ3) is 3.31. The molecular formula is C12H13BrClN3O. The van der Waals surface area contributed by atoms with E-state index in [0.29, 0.717) is 29.4 Å². The minimum atomic E-state index is 0.380. The maximum Gasteiger partial charge on any atom is 0.247 e. The molecule has 1 heterocycles. The molecule has 0 aliphatic heterocycles. The summed E-state index contributed by atoms with van der Waals surface area (Å²) in [6, 6.07) is 5.87. The minimum absolute atomic E-state index is 0.380. The van der Waals surface area contributed by atoms with Crippen molar-refractivity contribution in [1.82, 2.24) is 15.5 Å². The number of hydrogen-bond donors (Lipinski definition) is 1. The molecule has 18 heavy (non-hydrogen) atoms. The summed E-state index contributed by atoms with van der Waals surface area (Å²) in [7, 11) is 0. The fourth-order valence-electron chi connectivity index (χ4n) is 1.36. The van der Waals surface area contributed by atoms with Crippen LogP contribution < -0.4 is 5.32 Å². The Bertz CT molecular complexity index is 542. The molecule has 1 aromatic carbocycles. The molecular weight excluding hydrogens is 318 g/mol. The highest BCUT2D eigenvalue weighted by Gasteiger charge is 2.10. The highest BCUT2D eigenvalue weighted by atomic mass is 79.9. The van der Waals surface area contributed by atoms with E-state index in [-0.39, 0.29) is 0 Å². The molecule has 1 aromatic heterocycles. The van der Waals surface area contributed by atoms with Crippen molar-refractivity contribution < 1.29 is 4.42 Å². The minimum Gasteiger partial charge on any atom is -0.419 e. The molecule has 0 unspecified atom stereocenters. The molecule has 0 spiro atoms. The number of benzene rings is 1. The van der Waals surface area contributed by atoms with Crippen LogP contribution in [0.1, 0.15) is 19.7 Å². The lowest BCUT2D eigenvalue weighted by atomic mass is 10.2. The first kappa shape index (κ1) is 13.5. The van der Waals surface area contributed by atoms with Gasteiger partial charge in [-0.3, -0.25) is 0 Å². The smallest absolute Gasteiger partial charge is 0.247 e. The Hall–Kier alpha value is -0.910. The summed E-state index contributed by atoms with van der Waals surface area (Å²) < 4.78 is 6.37. The van der Waals surface area contributed by atoms with Gasteiger partial charge in [-0.15, -0.1) is 10.2 Å². The highest BCUT2D eigenvalue weighted by molar-refractivity contribution is 9.10. The maximum absolute atomic E-state index is 5.93. The molecule has 1 N–H and O–H groups in total. The summed E-state index contributed by atoms with van der Waals surface area (Å²) in [5.41, 5.74) is 0.842. The molecule has 96 valence electrons. The van der Waals surface area contributed by atoms with Gasteiger partial charge in [0.2, 0.25) is 11.8 Å². The third-order valence-corrected chi connectivity index (χ3v) is 3.51. The zero-order valence-corrected chi connectivity index (χ0v) is 12.4. The molecule has 0 radical (unpaired) electrons. The SMILES string of the molecule is CC(C)NCc1nnc(-c2ccc(Cl)c(Br)c2)o1. The average molecular weight is 331 g/mol. The first-order valence-corrected chi connectivity index (χ1v) is 6.74. The Balaban J connectivity index is 2.16. The predicted molar refractivity (Wildman–Crippen MR) is 74.4 cm³/mol. The van der Waals surface area contributed by atoms with Crippen LogP contribution in [0.5, 0.6) is 0 Å². The van der Waals surface area contributed by atoms with E-state index in [1.54, 1.807) is 6.07 Å². The van der Waals surface area contributed by atoms with Crippen molar-refractivity contribution in [3.05, 3.63) is 33.6 Å². The quantitative estimate of drug-likeness (QED) is 0.929. The van der Waals surface area contributed by atoms with Crippen LogP contribution >= 0.6 is 27.5 Å². The van der Waals surface area contributed by atoms with Crippen molar-refractivity contribution in [2.24, 2.45) is 0 Å². The Labute approximate surface area is 119 Å². The number of nitrogens with one attached hydrogen (secondary N) is 1. The molecule has 0 bridgehead atoms. The van der Waals surface area contributed by atoms with Gasteiger partial charge in [-0.1, -0.05) is 25.4 Å². The summed E-state index contributed by atoms with van der Waals surface area (Å²) in [4.78, 5) is 0. The largest absolute Gasteiger partial charge is 0.419 e. The van der Waals surface area contributed by atoms with Crippen LogP contribution in [-0.4, -0.2) is 16.2 Å². The monoisotopic (exact) mass is 329 g/mol. The van der Waals surface area contributed by atoms with E-state index >= 15 is 0 Å². The molecule has 2 aromatic rings. The van der Waals surface area contributed by atoms with E-state index in [2.05, 4.69) is 45.3 Å². The molecule has 0 saturated carbocycles. The van der Waals surface area contributed by atoms with Crippen molar-refractivity contribution in [3.8, 4) is 11.5 Å². The second kappa shape index (κ2) is 5.82. The molecule has 0 saturated heterocycles. The molecule has 0 aliphatic rings. The standard InChI is InChI=1S/C12H13BrClN3O/c1-7(2)15-6-11-16-17-12(18-11)8-3-4-10(14)9(13)5-8/h3-5,7,15H,6H2,1-2H3. The van der Waals surface area contributed by atoms with E-state index in [1.165, 1.54) is 0 Å². The fourth-order valence-corrected chi connectivity index (χ4v) is 1.86. The molecule has 0 aliphatic carbocycles. The van der Waals surface area contributed by atoms with Crippen molar-refractivity contribution >= 4 is 27.5 Å². The van der Waals surface area contributed by atoms with Gasteiger partial charge in [-0.05, 0) is 34.1 Å². The Kier molecular flexibility index (Phi) is 4.37. The lowest BCUT2D eigenvalue weighted by Gasteiger charge is -2.03. The van der Waals surface area contributed by atoms with Crippen LogP contribution in [0.2, 0.25) is 5.02 Å². The van der Waals surface area contributed by atoms with Gasteiger partial charge in [0.25, 0.3) is 0 Å². The molecule has 4 nitrogen and oxygen atoms in total. The number of halogens is 2. The second-order valence-corrected chi connectivity index (χ2v) is 5.43. The molecule has 0 fully saturated rings. The lowest BCUT2D eigenvalue weighted by Crippen LogP contribution is -2.21. The summed E-state index contributed by atoms with van der Waals surface area (Å²) in [5, 5.41) is 11.9. The van der Waals surface area contributed by atoms with Crippen molar-refractivity contribution in [2.45, 2.75) is 26.4 Å². The Morgan fingerprint density at radius 3 is 2.83 bits per heavy atom. The van der Waals surface area contributed by atoms with Gasteiger partial charge >= 0.3 is 0 Å². The first-order valence-electron chi connectivity index (χ1n) is 5.57. The summed E-state index contributed by atoms with van der Waals surface area (Å²) in [5.74, 6) is 1.07. The molecule has 2 rings (SSSR count). The van der Waals surface area contributed by atoms with E-state index in [1.807, 2.05) is 12.1 Å². The van der Waals surface area contributed by atoms with Crippen molar-refractivity contribution in [3.63, 3.8) is 0 Å². The number of aromatic nitrogens is 2. The Morgan fingerprint density at radius 1 is 1.39 bits per heavy atom. The summed E-state index contributed by atoms with van der Waals surface area (Å²) in [6.45, 7) is 4.70. The zero-order chi connectivity index (χ0) is 13.1. The van der Waals surface area contributed by atoms with Crippen LogP contribution in [0, 0.1) is 0 Å². The van der Waals surface area contributed by atoms with Crippen molar-refractivity contribution in [1.29, 1.82) is 0 Å². The molecule has 0 amide bonds. The van der Waals surface area contributed by atoms with Crippen LogP contribution in [-0.2, 0) is 6.54 Å². The van der Waals surface area contributed by atoms with Gasteiger partial charge in [0.05, 0.1) is 11.6 Å². The number of nitrogens with zero attached hydrogens (tertiary/aromatic N) is 2. The average Bonchev–Trinajstić information content (AvgIpc) is 2.79. The van der Waals surface area contributed by atoms with Crippen LogP contribution in [0.4, 0.5) is 0 Å². The topological polar surface area (TPSA) is 51.0 Å². The number of rotatable bonds is 4. The predicted octanol–water partition coefficient (Wildman–Crippen LogP) is 3.65. The lowest BCUT2D eigenvalue weighted by molar-refractivity contribution is 0.459. The van der Waals surface area contributed by atoms with Gasteiger partial charge < -0.3 is 9.73 Å². The van der Waals surface area contributed by atoms with Gasteiger partial charge in [-0.2, -0.15) is 0 Å². The van der Waals surface area contributed by atoms with E-state index in [0.717, 1.165) is 10.0 Å². The van der Waals surface area contributed by atoms with Gasteiger partial charge in [0.15, 0.2) is 0 Å². The Morgan fingerprint density at radius 2 is 2.17 bits per heavy atom. The molecule has 6 heteroatoms. The van der Waals surface area contributed by atoms with Crippen molar-refractivity contribution in [2.75, 3.05) is 0 Å². The van der Waals surface area contributed by atoms with E-state index < -0.39 is 0 Å². The number of hydrogen-bond acceptors (Lipinski definition) is 4. The second-order valence-electron chi connectivity index (χ2n) is 4.17. The van der Waals surface area contributed by atoms with Gasteiger partial charge in [-0.25, -0.2) is 0 Å². The summed E-state index contributed by atoms with van der Waals surface area (Å²) >= 11 is 9.30. The normalized spacial score (nSPS) is 11.2. The van der Waals surface area contributed by atoms with Gasteiger partial charge in [0, 0.05) is 16.1 Å². The fraction of sp³-hybridized carbons (Fsp3) is 0.333. The van der Waals surface area contributed by atoms with Crippen LogP contribution in [0.3, 0.4) is 0 Å². The van der Waals surface area contributed by atoms with E-state index in [4.69, 9.17) is 16.0 Å².